The number of aliphatic hydroxyl groups excluding tert-OH is 1. The molecule has 0 saturated carbocycles. The van der Waals surface area contributed by atoms with Crippen molar-refractivity contribution in [1.29, 1.82) is 0 Å². The number of rotatable bonds is 2. The second-order valence-corrected chi connectivity index (χ2v) is 5.53. The van der Waals surface area contributed by atoms with Gasteiger partial charge in [-0.1, -0.05) is 6.07 Å². The predicted octanol–water partition coefficient (Wildman–Crippen LogP) is 3.00. The van der Waals surface area contributed by atoms with Gasteiger partial charge in [-0.15, -0.1) is 0 Å². The Morgan fingerprint density at radius 3 is 2.73 bits per heavy atom. The van der Waals surface area contributed by atoms with Crippen LogP contribution in [0.15, 0.2) is 27.1 Å². The van der Waals surface area contributed by atoms with Crippen LogP contribution in [0.3, 0.4) is 0 Å². The minimum Gasteiger partial charge on any atom is -0.387 e. The molecular weight excluding hydrogens is 322 g/mol. The van der Waals surface area contributed by atoms with Gasteiger partial charge >= 0.3 is 0 Å². The number of hydrogen-bond acceptors (Lipinski definition) is 2. The van der Waals surface area contributed by atoms with Gasteiger partial charge in [-0.3, -0.25) is 0 Å². The highest BCUT2D eigenvalue weighted by Gasteiger charge is 2.24. The molecule has 1 aromatic carbocycles. The summed E-state index contributed by atoms with van der Waals surface area (Å²) in [5.74, 6) is 0. The Hall–Kier alpha value is 0.1000. The lowest BCUT2D eigenvalue weighted by Crippen LogP contribution is -2.28. The molecule has 1 aromatic rings. The Bertz CT molecular complexity index is 350. The van der Waals surface area contributed by atoms with Crippen LogP contribution in [-0.2, 0) is 0 Å². The number of aliphatic hydroxyl groups is 1. The van der Waals surface area contributed by atoms with Crippen LogP contribution in [0.25, 0.3) is 0 Å². The van der Waals surface area contributed by atoms with E-state index in [0.717, 1.165) is 33.9 Å². The van der Waals surface area contributed by atoms with Crippen LogP contribution >= 0.6 is 31.9 Å². The molecule has 2 atom stereocenters. The van der Waals surface area contributed by atoms with Gasteiger partial charge in [0, 0.05) is 15.0 Å². The molecule has 0 radical (unpaired) electrons. The van der Waals surface area contributed by atoms with Gasteiger partial charge in [0.25, 0.3) is 0 Å². The van der Waals surface area contributed by atoms with Crippen LogP contribution in [0.5, 0.6) is 0 Å². The summed E-state index contributed by atoms with van der Waals surface area (Å²) in [5, 5.41) is 13.4. The molecule has 0 aromatic heterocycles. The molecule has 2 unspecified atom stereocenters. The van der Waals surface area contributed by atoms with Crippen molar-refractivity contribution in [2.24, 2.45) is 0 Å². The molecule has 1 fully saturated rings. The normalized spacial score (nSPS) is 23.0. The van der Waals surface area contributed by atoms with E-state index in [1.54, 1.807) is 0 Å². The number of benzene rings is 1. The van der Waals surface area contributed by atoms with E-state index in [4.69, 9.17) is 0 Å². The van der Waals surface area contributed by atoms with E-state index in [-0.39, 0.29) is 6.04 Å². The van der Waals surface area contributed by atoms with Crippen molar-refractivity contribution in [3.8, 4) is 0 Å². The molecule has 0 aliphatic carbocycles. The van der Waals surface area contributed by atoms with Crippen LogP contribution < -0.4 is 5.32 Å². The highest BCUT2D eigenvalue weighted by Crippen LogP contribution is 2.29. The molecule has 0 spiro atoms. The number of hydrogen-bond donors (Lipinski definition) is 2. The average Bonchev–Trinajstić information content (AvgIpc) is 2.74. The third-order valence-corrected chi connectivity index (χ3v) is 4.64. The Balaban J connectivity index is 2.17. The first-order valence-electron chi connectivity index (χ1n) is 5.05. The van der Waals surface area contributed by atoms with Gasteiger partial charge in [-0.05, 0) is 68.9 Å². The second-order valence-electron chi connectivity index (χ2n) is 3.82. The molecule has 1 heterocycles. The van der Waals surface area contributed by atoms with E-state index in [0.29, 0.717) is 0 Å². The highest BCUT2D eigenvalue weighted by atomic mass is 79.9. The van der Waals surface area contributed by atoms with Crippen LogP contribution in [0.4, 0.5) is 0 Å². The van der Waals surface area contributed by atoms with E-state index < -0.39 is 6.10 Å². The molecule has 82 valence electrons. The standard InChI is InChI=1S/C11H13Br2NO/c12-8-4-3-7(6-9(8)13)11(15)10-2-1-5-14-10/h3-4,6,10-11,14-15H,1-2,5H2. The quantitative estimate of drug-likeness (QED) is 0.871. The summed E-state index contributed by atoms with van der Waals surface area (Å²) < 4.78 is 2.00. The maximum absolute atomic E-state index is 10.1. The summed E-state index contributed by atoms with van der Waals surface area (Å²) in [6, 6.07) is 6.09. The van der Waals surface area contributed by atoms with Crippen molar-refractivity contribution in [1.82, 2.24) is 5.32 Å². The van der Waals surface area contributed by atoms with Gasteiger partial charge in [-0.25, -0.2) is 0 Å². The lowest BCUT2D eigenvalue weighted by atomic mass is 10.0. The largest absolute Gasteiger partial charge is 0.387 e. The fraction of sp³-hybridized carbons (Fsp3) is 0.455. The Morgan fingerprint density at radius 1 is 1.33 bits per heavy atom. The van der Waals surface area contributed by atoms with Gasteiger partial charge in [0.15, 0.2) is 0 Å². The Kier molecular flexibility index (Phi) is 3.83. The summed E-state index contributed by atoms with van der Waals surface area (Å²) in [7, 11) is 0. The van der Waals surface area contributed by atoms with Crippen molar-refractivity contribution in [2.75, 3.05) is 6.54 Å². The topological polar surface area (TPSA) is 32.3 Å². The van der Waals surface area contributed by atoms with E-state index in [9.17, 15) is 5.11 Å². The summed E-state index contributed by atoms with van der Waals surface area (Å²) in [6.45, 7) is 1.01. The first-order chi connectivity index (χ1) is 7.18. The van der Waals surface area contributed by atoms with Gasteiger partial charge in [-0.2, -0.15) is 0 Å². The van der Waals surface area contributed by atoms with E-state index >= 15 is 0 Å². The molecule has 0 amide bonds. The lowest BCUT2D eigenvalue weighted by molar-refractivity contribution is 0.137. The summed E-state index contributed by atoms with van der Waals surface area (Å²) in [5.41, 5.74) is 0.962. The molecule has 1 saturated heterocycles. The molecule has 4 heteroatoms. The molecule has 1 aliphatic rings. The minimum absolute atomic E-state index is 0.207. The third kappa shape index (κ3) is 2.61. The summed E-state index contributed by atoms with van der Waals surface area (Å²) >= 11 is 6.86. The highest BCUT2D eigenvalue weighted by molar-refractivity contribution is 9.13. The minimum atomic E-state index is -0.406. The summed E-state index contributed by atoms with van der Waals surface area (Å²) in [4.78, 5) is 0. The average molecular weight is 335 g/mol. The van der Waals surface area contributed by atoms with Crippen LogP contribution in [-0.4, -0.2) is 17.7 Å². The van der Waals surface area contributed by atoms with E-state index in [1.165, 1.54) is 0 Å². The zero-order valence-corrected chi connectivity index (χ0v) is 11.4. The van der Waals surface area contributed by atoms with E-state index in [1.807, 2.05) is 18.2 Å². The fourth-order valence-corrected chi connectivity index (χ4v) is 2.55. The lowest BCUT2D eigenvalue weighted by Gasteiger charge is -2.19. The molecule has 1 aliphatic heterocycles. The maximum atomic E-state index is 10.1. The smallest absolute Gasteiger partial charge is 0.0943 e. The molecule has 2 nitrogen and oxygen atoms in total. The van der Waals surface area contributed by atoms with Gasteiger partial charge in [0.05, 0.1) is 6.10 Å². The monoisotopic (exact) mass is 333 g/mol. The predicted molar refractivity (Wildman–Crippen MR) is 67.8 cm³/mol. The van der Waals surface area contributed by atoms with Crippen molar-refractivity contribution in [3.63, 3.8) is 0 Å². The van der Waals surface area contributed by atoms with Crippen molar-refractivity contribution in [2.45, 2.75) is 25.0 Å². The van der Waals surface area contributed by atoms with E-state index in [2.05, 4.69) is 37.2 Å². The summed E-state index contributed by atoms with van der Waals surface area (Å²) in [6.07, 6.45) is 1.80. The van der Waals surface area contributed by atoms with Crippen molar-refractivity contribution in [3.05, 3.63) is 32.7 Å². The van der Waals surface area contributed by atoms with Gasteiger partial charge in [0.2, 0.25) is 0 Å². The zero-order chi connectivity index (χ0) is 10.8. The zero-order valence-electron chi connectivity index (χ0n) is 8.21. The van der Waals surface area contributed by atoms with Crippen LogP contribution in [0.2, 0.25) is 0 Å². The van der Waals surface area contributed by atoms with Gasteiger partial charge < -0.3 is 10.4 Å². The fourth-order valence-electron chi connectivity index (χ4n) is 1.91. The molecule has 0 bridgehead atoms. The van der Waals surface area contributed by atoms with Crippen molar-refractivity contribution < 1.29 is 5.11 Å². The van der Waals surface area contributed by atoms with Crippen LogP contribution in [0.1, 0.15) is 24.5 Å². The first kappa shape index (κ1) is 11.6. The molecule has 2 N–H and O–H groups in total. The number of halogens is 2. The van der Waals surface area contributed by atoms with Crippen LogP contribution in [0, 0.1) is 0 Å². The second kappa shape index (κ2) is 4.95. The molecular formula is C11H13Br2NO. The van der Waals surface area contributed by atoms with Crippen molar-refractivity contribution >= 4 is 31.9 Å². The molecule has 2 rings (SSSR count). The maximum Gasteiger partial charge on any atom is 0.0943 e. The SMILES string of the molecule is OC(c1ccc(Br)c(Br)c1)C1CCCN1. The third-order valence-electron chi connectivity index (χ3n) is 2.76. The number of nitrogens with one attached hydrogen (secondary N) is 1. The Labute approximate surface area is 106 Å². The Morgan fingerprint density at radius 2 is 2.13 bits per heavy atom. The molecule has 15 heavy (non-hydrogen) atoms. The first-order valence-corrected chi connectivity index (χ1v) is 6.63. The van der Waals surface area contributed by atoms with Gasteiger partial charge in [0.1, 0.15) is 0 Å².